The van der Waals surface area contributed by atoms with Gasteiger partial charge in [-0.3, -0.25) is 9.48 Å². The van der Waals surface area contributed by atoms with Crippen LogP contribution in [0.15, 0.2) is 0 Å². The Morgan fingerprint density at radius 1 is 1.40 bits per heavy atom. The van der Waals surface area contributed by atoms with Crippen molar-refractivity contribution in [3.8, 4) is 0 Å². The number of hydrogen-bond acceptors (Lipinski definition) is 3. The van der Waals surface area contributed by atoms with Crippen LogP contribution in [0.25, 0.3) is 0 Å². The van der Waals surface area contributed by atoms with Crippen molar-refractivity contribution in [2.24, 2.45) is 18.9 Å². The number of anilines is 1. The fourth-order valence-corrected chi connectivity index (χ4v) is 3.23. The lowest BCUT2D eigenvalue weighted by molar-refractivity contribution is 0.0446. The molecule has 5 nitrogen and oxygen atoms in total. The van der Waals surface area contributed by atoms with Gasteiger partial charge in [-0.2, -0.15) is 5.10 Å². The molecule has 3 atom stereocenters. The monoisotopic (exact) mass is 278 g/mol. The molecule has 0 spiro atoms. The average molecular weight is 278 g/mol. The van der Waals surface area contributed by atoms with Crippen molar-refractivity contribution >= 4 is 11.6 Å². The molecule has 1 aromatic rings. The number of likely N-dealkylation sites (tertiary alicyclic amines) is 1. The maximum Gasteiger partial charge on any atom is 0.274 e. The molecule has 0 saturated carbocycles. The first-order valence-corrected chi connectivity index (χ1v) is 7.49. The van der Waals surface area contributed by atoms with E-state index in [9.17, 15) is 4.79 Å². The molecular weight excluding hydrogens is 252 g/mol. The minimum Gasteiger partial charge on any atom is -0.395 e. The van der Waals surface area contributed by atoms with Gasteiger partial charge in [0.15, 0.2) is 0 Å². The van der Waals surface area contributed by atoms with Crippen LogP contribution in [0.2, 0.25) is 0 Å². The number of carbonyl (C=O) groups is 1. The van der Waals surface area contributed by atoms with Crippen molar-refractivity contribution in [1.82, 2.24) is 14.7 Å². The third kappa shape index (κ3) is 2.41. The van der Waals surface area contributed by atoms with E-state index < -0.39 is 0 Å². The minimum atomic E-state index is 0.0168. The highest BCUT2D eigenvalue weighted by Gasteiger charge is 2.34. The van der Waals surface area contributed by atoms with E-state index in [1.165, 1.54) is 6.42 Å². The Hall–Kier alpha value is -1.52. The molecule has 3 unspecified atom stereocenters. The molecule has 5 heteroatoms. The van der Waals surface area contributed by atoms with Crippen LogP contribution in [0, 0.1) is 11.8 Å². The largest absolute Gasteiger partial charge is 0.395 e. The summed E-state index contributed by atoms with van der Waals surface area (Å²) in [6, 6.07) is 0.248. The Morgan fingerprint density at radius 2 is 2.05 bits per heavy atom. The zero-order valence-electron chi connectivity index (χ0n) is 13.2. The van der Waals surface area contributed by atoms with Crippen LogP contribution in [0.3, 0.4) is 0 Å². The summed E-state index contributed by atoms with van der Waals surface area (Å²) in [5, 5.41) is 4.35. The number of nitrogen functional groups attached to an aromatic ring is 1. The number of nitrogens with zero attached hydrogens (tertiary/aromatic N) is 3. The summed E-state index contributed by atoms with van der Waals surface area (Å²) >= 11 is 0. The molecule has 1 saturated heterocycles. The van der Waals surface area contributed by atoms with E-state index in [0.29, 0.717) is 23.2 Å². The Bertz CT molecular complexity index is 508. The second-order valence-corrected chi connectivity index (χ2v) is 6.20. The number of aryl methyl sites for hydroxylation is 2. The standard InChI is InChI=1S/C15H26N4O/c1-6-12-13(16)14(18(5)17-12)15(20)19-8-9(2)7-10(3)11(19)4/h9-11H,6-8,16H2,1-5H3. The number of rotatable bonds is 2. The molecule has 1 aliphatic heterocycles. The van der Waals surface area contributed by atoms with Crippen molar-refractivity contribution < 1.29 is 4.79 Å². The van der Waals surface area contributed by atoms with Gasteiger partial charge in [-0.1, -0.05) is 20.8 Å². The molecule has 1 aromatic heterocycles. The highest BCUT2D eigenvalue weighted by Crippen LogP contribution is 2.29. The number of carbonyl (C=O) groups excluding carboxylic acids is 1. The lowest BCUT2D eigenvalue weighted by Crippen LogP contribution is -2.49. The predicted molar refractivity (Wildman–Crippen MR) is 80.4 cm³/mol. The quantitative estimate of drug-likeness (QED) is 0.900. The van der Waals surface area contributed by atoms with E-state index in [4.69, 9.17) is 5.73 Å². The lowest BCUT2D eigenvalue weighted by Gasteiger charge is -2.41. The summed E-state index contributed by atoms with van der Waals surface area (Å²) in [4.78, 5) is 14.8. The Labute approximate surface area is 121 Å². The smallest absolute Gasteiger partial charge is 0.274 e. The molecule has 2 heterocycles. The van der Waals surface area contributed by atoms with Gasteiger partial charge >= 0.3 is 0 Å². The fraction of sp³-hybridized carbons (Fsp3) is 0.733. The topological polar surface area (TPSA) is 64.2 Å². The molecule has 2 rings (SSSR count). The summed E-state index contributed by atoms with van der Waals surface area (Å²) in [5.74, 6) is 1.07. The van der Waals surface area contributed by atoms with Crippen molar-refractivity contribution in [3.63, 3.8) is 0 Å². The van der Waals surface area contributed by atoms with Gasteiger partial charge in [0.2, 0.25) is 0 Å². The third-order valence-corrected chi connectivity index (χ3v) is 4.56. The Morgan fingerprint density at radius 3 is 2.60 bits per heavy atom. The highest BCUT2D eigenvalue weighted by atomic mass is 16.2. The number of piperidine rings is 1. The van der Waals surface area contributed by atoms with E-state index in [1.807, 2.05) is 11.8 Å². The van der Waals surface area contributed by atoms with Crippen molar-refractivity contribution in [3.05, 3.63) is 11.4 Å². The molecule has 0 radical (unpaired) electrons. The first kappa shape index (κ1) is 14.9. The molecule has 0 aromatic carbocycles. The van der Waals surface area contributed by atoms with Crippen molar-refractivity contribution in [1.29, 1.82) is 0 Å². The van der Waals surface area contributed by atoms with E-state index in [0.717, 1.165) is 18.7 Å². The van der Waals surface area contributed by atoms with Crippen LogP contribution in [0.4, 0.5) is 5.69 Å². The normalized spacial score (nSPS) is 26.9. The summed E-state index contributed by atoms with van der Waals surface area (Å²) in [7, 11) is 1.80. The highest BCUT2D eigenvalue weighted by molar-refractivity contribution is 5.98. The molecule has 0 aliphatic carbocycles. The molecule has 1 aliphatic rings. The van der Waals surface area contributed by atoms with Gasteiger partial charge in [0, 0.05) is 19.6 Å². The van der Waals surface area contributed by atoms with Gasteiger partial charge in [0.1, 0.15) is 5.69 Å². The number of amides is 1. The molecule has 0 bridgehead atoms. The summed E-state index contributed by atoms with van der Waals surface area (Å²) in [6.45, 7) is 9.34. The van der Waals surface area contributed by atoms with Crippen LogP contribution in [0.5, 0.6) is 0 Å². The van der Waals surface area contributed by atoms with Crippen LogP contribution in [-0.2, 0) is 13.5 Å². The number of aromatic nitrogens is 2. The lowest BCUT2D eigenvalue weighted by atomic mass is 9.86. The maximum atomic E-state index is 12.9. The summed E-state index contributed by atoms with van der Waals surface area (Å²) < 4.78 is 1.63. The first-order valence-electron chi connectivity index (χ1n) is 7.49. The molecule has 1 fully saturated rings. The zero-order valence-corrected chi connectivity index (χ0v) is 13.2. The van der Waals surface area contributed by atoms with Gasteiger partial charge < -0.3 is 10.6 Å². The maximum absolute atomic E-state index is 12.9. The SMILES string of the molecule is CCc1nn(C)c(C(=O)N2CC(C)CC(C)C2C)c1N. The van der Waals surface area contributed by atoms with Crippen LogP contribution in [0.1, 0.15) is 50.3 Å². The second kappa shape index (κ2) is 5.46. The van der Waals surface area contributed by atoms with Crippen LogP contribution >= 0.6 is 0 Å². The van der Waals surface area contributed by atoms with E-state index >= 15 is 0 Å². The Balaban J connectivity index is 2.33. The Kier molecular flexibility index (Phi) is 4.06. The van der Waals surface area contributed by atoms with Gasteiger partial charge in [-0.15, -0.1) is 0 Å². The summed E-state index contributed by atoms with van der Waals surface area (Å²) in [6.07, 6.45) is 1.92. The molecule has 1 amide bonds. The second-order valence-electron chi connectivity index (χ2n) is 6.20. The average Bonchev–Trinajstić information content (AvgIpc) is 2.67. The number of hydrogen-bond donors (Lipinski definition) is 1. The van der Waals surface area contributed by atoms with Crippen molar-refractivity contribution in [2.75, 3.05) is 12.3 Å². The van der Waals surface area contributed by atoms with Crippen LogP contribution < -0.4 is 5.73 Å². The minimum absolute atomic E-state index is 0.0168. The first-order chi connectivity index (χ1) is 9.36. The van der Waals surface area contributed by atoms with Gasteiger partial charge in [-0.25, -0.2) is 0 Å². The van der Waals surface area contributed by atoms with Gasteiger partial charge in [-0.05, 0) is 31.6 Å². The van der Waals surface area contributed by atoms with Crippen molar-refractivity contribution in [2.45, 2.75) is 46.6 Å². The summed E-state index contributed by atoms with van der Waals surface area (Å²) in [5.41, 5.74) is 7.99. The molecule has 2 N–H and O–H groups in total. The fourth-order valence-electron chi connectivity index (χ4n) is 3.23. The number of nitrogens with two attached hydrogens (primary N) is 1. The van der Waals surface area contributed by atoms with E-state index in [2.05, 4.69) is 25.9 Å². The predicted octanol–water partition coefficient (Wildman–Crippen LogP) is 2.07. The molecule has 112 valence electrons. The van der Waals surface area contributed by atoms with E-state index in [1.54, 1.807) is 11.7 Å². The van der Waals surface area contributed by atoms with Crippen LogP contribution in [-0.4, -0.2) is 33.2 Å². The van der Waals surface area contributed by atoms with Gasteiger partial charge in [0.05, 0.1) is 11.4 Å². The molecular formula is C15H26N4O. The third-order valence-electron chi connectivity index (χ3n) is 4.56. The molecule has 20 heavy (non-hydrogen) atoms. The van der Waals surface area contributed by atoms with E-state index in [-0.39, 0.29) is 11.9 Å². The zero-order chi connectivity index (χ0) is 15.0. The van der Waals surface area contributed by atoms with Gasteiger partial charge in [0.25, 0.3) is 5.91 Å².